The first-order chi connectivity index (χ1) is 8.76. The van der Waals surface area contributed by atoms with E-state index >= 15 is 0 Å². The first kappa shape index (κ1) is 15.2. The van der Waals surface area contributed by atoms with E-state index in [-0.39, 0.29) is 12.4 Å². The first-order valence-electron chi connectivity index (χ1n) is 6.65. The molecule has 1 aromatic rings. The Hall–Kier alpha value is -0.900. The van der Waals surface area contributed by atoms with E-state index < -0.39 is 0 Å². The van der Waals surface area contributed by atoms with Crippen LogP contribution < -0.4 is 0 Å². The number of rotatable bonds is 9. The minimum atomic E-state index is -0.161. The van der Waals surface area contributed by atoms with E-state index in [4.69, 9.17) is 14.2 Å². The van der Waals surface area contributed by atoms with Crippen molar-refractivity contribution in [3.8, 4) is 0 Å². The van der Waals surface area contributed by atoms with Crippen molar-refractivity contribution in [3.05, 3.63) is 35.9 Å². The highest BCUT2D eigenvalue weighted by atomic mass is 16.7. The maximum atomic E-state index is 5.79. The van der Waals surface area contributed by atoms with Gasteiger partial charge >= 0.3 is 0 Å². The van der Waals surface area contributed by atoms with Gasteiger partial charge in [-0.05, 0) is 26.3 Å². The molecule has 0 unspecified atom stereocenters. The van der Waals surface area contributed by atoms with Crippen molar-refractivity contribution < 1.29 is 14.2 Å². The molecule has 0 saturated heterocycles. The van der Waals surface area contributed by atoms with Gasteiger partial charge in [0.25, 0.3) is 0 Å². The summed E-state index contributed by atoms with van der Waals surface area (Å²) in [5.41, 5.74) is 1.19. The predicted octanol–water partition coefficient (Wildman–Crippen LogP) is 3.38. The fraction of sp³-hybridized carbons (Fsp3) is 0.600. The highest BCUT2D eigenvalue weighted by Gasteiger charge is 2.13. The average Bonchev–Trinajstić information content (AvgIpc) is 2.38. The molecule has 0 spiro atoms. The zero-order valence-corrected chi connectivity index (χ0v) is 11.6. The Balaban J connectivity index is 2.29. The summed E-state index contributed by atoms with van der Waals surface area (Å²) in [4.78, 5) is 0. The van der Waals surface area contributed by atoms with Crippen molar-refractivity contribution in [1.82, 2.24) is 0 Å². The molecule has 0 bridgehead atoms. The van der Waals surface area contributed by atoms with Gasteiger partial charge in [-0.3, -0.25) is 0 Å². The monoisotopic (exact) mass is 252 g/mol. The molecule has 3 nitrogen and oxygen atoms in total. The van der Waals surface area contributed by atoms with Gasteiger partial charge in [0.05, 0.1) is 12.7 Å². The molecule has 102 valence electrons. The van der Waals surface area contributed by atoms with E-state index in [2.05, 4.69) is 12.1 Å². The zero-order valence-electron chi connectivity index (χ0n) is 11.6. The molecule has 0 saturated carbocycles. The minimum Gasteiger partial charge on any atom is -0.374 e. The van der Waals surface area contributed by atoms with Crippen LogP contribution in [0.4, 0.5) is 0 Å². The van der Waals surface area contributed by atoms with Crippen LogP contribution in [-0.2, 0) is 20.8 Å². The van der Waals surface area contributed by atoms with Crippen LogP contribution in [0.2, 0.25) is 0 Å². The molecule has 0 aliphatic carbocycles. The normalized spacial score (nSPS) is 12.9. The zero-order chi connectivity index (χ0) is 13.2. The smallest absolute Gasteiger partial charge is 0.160 e. The topological polar surface area (TPSA) is 27.7 Å². The third kappa shape index (κ3) is 6.15. The second-order valence-corrected chi connectivity index (χ2v) is 4.18. The van der Waals surface area contributed by atoms with E-state index in [1.807, 2.05) is 39.0 Å². The Morgan fingerprint density at radius 2 is 1.56 bits per heavy atom. The standard InChI is InChI=1S/C15H24O3/c1-4-16-15(17-5-2)11-13(3)18-12-14-9-7-6-8-10-14/h6-10,13,15H,4-5,11-12H2,1-3H3/t13-/m1/s1. The van der Waals surface area contributed by atoms with Crippen LogP contribution >= 0.6 is 0 Å². The van der Waals surface area contributed by atoms with E-state index in [0.29, 0.717) is 19.8 Å². The van der Waals surface area contributed by atoms with E-state index in [1.165, 1.54) is 5.56 Å². The van der Waals surface area contributed by atoms with Gasteiger partial charge in [-0.2, -0.15) is 0 Å². The Kier molecular flexibility index (Phi) is 7.65. The summed E-state index contributed by atoms with van der Waals surface area (Å²) < 4.78 is 16.8. The van der Waals surface area contributed by atoms with Crippen LogP contribution in [0.15, 0.2) is 30.3 Å². The SMILES string of the molecule is CCOC(C[C@@H](C)OCc1ccccc1)OCC. The van der Waals surface area contributed by atoms with Gasteiger partial charge in [-0.25, -0.2) is 0 Å². The van der Waals surface area contributed by atoms with Crippen LogP contribution in [-0.4, -0.2) is 25.6 Å². The highest BCUT2D eigenvalue weighted by Crippen LogP contribution is 2.10. The average molecular weight is 252 g/mol. The molecule has 0 fully saturated rings. The predicted molar refractivity (Wildman–Crippen MR) is 72.4 cm³/mol. The van der Waals surface area contributed by atoms with Crippen molar-refractivity contribution in [2.75, 3.05) is 13.2 Å². The molecule has 3 heteroatoms. The first-order valence-corrected chi connectivity index (χ1v) is 6.65. The lowest BCUT2D eigenvalue weighted by atomic mass is 10.2. The van der Waals surface area contributed by atoms with Crippen molar-refractivity contribution in [2.45, 2.75) is 46.2 Å². The molecule has 0 heterocycles. The Morgan fingerprint density at radius 1 is 0.944 bits per heavy atom. The van der Waals surface area contributed by atoms with Gasteiger partial charge in [-0.1, -0.05) is 30.3 Å². The molecular weight excluding hydrogens is 228 g/mol. The summed E-state index contributed by atoms with van der Waals surface area (Å²) in [5, 5.41) is 0. The van der Waals surface area contributed by atoms with E-state index in [9.17, 15) is 0 Å². The molecule has 1 atom stereocenters. The number of hydrogen-bond acceptors (Lipinski definition) is 3. The number of benzene rings is 1. The van der Waals surface area contributed by atoms with Crippen molar-refractivity contribution in [1.29, 1.82) is 0 Å². The van der Waals surface area contributed by atoms with Crippen LogP contribution in [0.25, 0.3) is 0 Å². The van der Waals surface area contributed by atoms with Crippen LogP contribution in [0.5, 0.6) is 0 Å². The summed E-state index contributed by atoms with van der Waals surface area (Å²) in [6.45, 7) is 7.95. The molecule has 0 aliphatic rings. The van der Waals surface area contributed by atoms with Gasteiger partial charge < -0.3 is 14.2 Å². The van der Waals surface area contributed by atoms with E-state index in [1.54, 1.807) is 0 Å². The maximum absolute atomic E-state index is 5.79. The van der Waals surface area contributed by atoms with Crippen LogP contribution in [0.1, 0.15) is 32.8 Å². The van der Waals surface area contributed by atoms with Crippen LogP contribution in [0, 0.1) is 0 Å². The van der Waals surface area contributed by atoms with Gasteiger partial charge in [0.2, 0.25) is 0 Å². The second-order valence-electron chi connectivity index (χ2n) is 4.18. The summed E-state index contributed by atoms with van der Waals surface area (Å²) in [5.74, 6) is 0. The summed E-state index contributed by atoms with van der Waals surface area (Å²) in [6, 6.07) is 10.2. The van der Waals surface area contributed by atoms with Crippen molar-refractivity contribution in [3.63, 3.8) is 0 Å². The lowest BCUT2D eigenvalue weighted by Crippen LogP contribution is -2.24. The molecule has 1 aromatic carbocycles. The summed E-state index contributed by atoms with van der Waals surface area (Å²) in [7, 11) is 0. The Bertz CT molecular complexity index is 294. The maximum Gasteiger partial charge on any atom is 0.160 e. The number of ether oxygens (including phenoxy) is 3. The van der Waals surface area contributed by atoms with Gasteiger partial charge in [0.1, 0.15) is 0 Å². The molecule has 0 aromatic heterocycles. The quantitative estimate of drug-likeness (QED) is 0.631. The van der Waals surface area contributed by atoms with Crippen LogP contribution in [0.3, 0.4) is 0 Å². The summed E-state index contributed by atoms with van der Waals surface area (Å²) >= 11 is 0. The third-order valence-electron chi connectivity index (χ3n) is 2.61. The Labute approximate surface area is 110 Å². The molecule has 0 radical (unpaired) electrons. The minimum absolute atomic E-state index is 0.119. The fourth-order valence-electron chi connectivity index (χ4n) is 1.71. The largest absolute Gasteiger partial charge is 0.374 e. The molecule has 0 amide bonds. The molecule has 0 aliphatic heterocycles. The lowest BCUT2D eigenvalue weighted by molar-refractivity contribution is -0.156. The fourth-order valence-corrected chi connectivity index (χ4v) is 1.71. The molecule has 1 rings (SSSR count). The molecule has 0 N–H and O–H groups in total. The van der Waals surface area contributed by atoms with Crippen molar-refractivity contribution in [2.24, 2.45) is 0 Å². The third-order valence-corrected chi connectivity index (χ3v) is 2.61. The van der Waals surface area contributed by atoms with Gasteiger partial charge in [0, 0.05) is 19.6 Å². The lowest BCUT2D eigenvalue weighted by Gasteiger charge is -2.21. The highest BCUT2D eigenvalue weighted by molar-refractivity contribution is 5.13. The van der Waals surface area contributed by atoms with Gasteiger partial charge in [0.15, 0.2) is 6.29 Å². The van der Waals surface area contributed by atoms with E-state index in [0.717, 1.165) is 6.42 Å². The molecular formula is C15H24O3. The van der Waals surface area contributed by atoms with Crippen molar-refractivity contribution >= 4 is 0 Å². The van der Waals surface area contributed by atoms with Gasteiger partial charge in [-0.15, -0.1) is 0 Å². The molecule has 18 heavy (non-hydrogen) atoms. The number of hydrogen-bond donors (Lipinski definition) is 0. The summed E-state index contributed by atoms with van der Waals surface area (Å²) in [6.07, 6.45) is 0.716. The Morgan fingerprint density at radius 3 is 2.11 bits per heavy atom. The second kappa shape index (κ2) is 9.09.